The van der Waals surface area contributed by atoms with E-state index in [1.165, 1.54) is 11.1 Å². The average molecular weight is 334 g/mol. The molecule has 0 fully saturated rings. The van der Waals surface area contributed by atoms with Crippen LogP contribution in [0, 0.1) is 13.8 Å². The van der Waals surface area contributed by atoms with Gasteiger partial charge >= 0.3 is 0 Å². The third-order valence-electron chi connectivity index (χ3n) is 4.14. The molecule has 0 aliphatic rings. The summed E-state index contributed by atoms with van der Waals surface area (Å²) >= 11 is 0. The average Bonchev–Trinajstić information content (AvgIpc) is 2.64. The van der Waals surface area contributed by atoms with Crippen LogP contribution in [0.3, 0.4) is 0 Å². The summed E-state index contributed by atoms with van der Waals surface area (Å²) in [6, 6.07) is 16.0. The summed E-state index contributed by atoms with van der Waals surface area (Å²) in [6.07, 6.45) is 1.75. The Kier molecular flexibility index (Phi) is 5.14. The van der Waals surface area contributed by atoms with Crippen molar-refractivity contribution in [3.63, 3.8) is 0 Å². The number of hydrogen-bond donors (Lipinski definition) is 2. The van der Waals surface area contributed by atoms with Gasteiger partial charge in [-0.25, -0.2) is 4.98 Å². The van der Waals surface area contributed by atoms with Crippen molar-refractivity contribution in [3.8, 4) is 5.75 Å². The Balaban J connectivity index is 1.67. The molecule has 0 saturated carbocycles. The lowest BCUT2D eigenvalue weighted by atomic mass is 10.1. The molecule has 5 nitrogen and oxygen atoms in total. The molecule has 0 bridgehead atoms. The Hall–Kier alpha value is -3.08. The second-order valence-corrected chi connectivity index (χ2v) is 5.84. The van der Waals surface area contributed by atoms with Crippen molar-refractivity contribution in [2.24, 2.45) is 0 Å². The maximum Gasteiger partial charge on any atom is 0.229 e. The summed E-state index contributed by atoms with van der Waals surface area (Å²) in [5.41, 5.74) is 4.61. The van der Waals surface area contributed by atoms with Crippen LogP contribution in [0.4, 0.5) is 17.5 Å². The van der Waals surface area contributed by atoms with Gasteiger partial charge in [0.2, 0.25) is 5.95 Å². The minimum absolute atomic E-state index is 0.577. The van der Waals surface area contributed by atoms with Crippen LogP contribution in [0.25, 0.3) is 0 Å². The van der Waals surface area contributed by atoms with Crippen LogP contribution < -0.4 is 15.4 Å². The number of nitrogens with zero attached hydrogens (tertiary/aromatic N) is 2. The number of ether oxygens (including phenoxy) is 1. The highest BCUT2D eigenvalue weighted by molar-refractivity contribution is 5.60. The molecule has 25 heavy (non-hydrogen) atoms. The lowest BCUT2D eigenvalue weighted by Crippen LogP contribution is -2.05. The molecule has 0 radical (unpaired) electrons. The van der Waals surface area contributed by atoms with Crippen LogP contribution >= 0.6 is 0 Å². The summed E-state index contributed by atoms with van der Waals surface area (Å²) in [7, 11) is 1.67. The first kappa shape index (κ1) is 16.8. The molecule has 1 heterocycles. The first-order valence-electron chi connectivity index (χ1n) is 8.19. The molecule has 2 N–H and O–H groups in total. The summed E-state index contributed by atoms with van der Waals surface area (Å²) in [6.45, 7) is 4.86. The quantitative estimate of drug-likeness (QED) is 0.697. The van der Waals surface area contributed by atoms with Crippen LogP contribution in [0.2, 0.25) is 0 Å². The van der Waals surface area contributed by atoms with E-state index in [1.807, 2.05) is 42.5 Å². The normalized spacial score (nSPS) is 10.4. The first-order chi connectivity index (χ1) is 12.2. The fraction of sp³-hybridized carbons (Fsp3) is 0.200. The van der Waals surface area contributed by atoms with E-state index in [2.05, 4.69) is 40.5 Å². The standard InChI is InChI=1S/C20H22N4O/c1-14-5-4-6-18(15(14)2)23-20-21-12-11-19(24-20)22-13-16-7-9-17(25-3)10-8-16/h4-12H,13H2,1-3H3,(H2,21,22,23,24). The van der Waals surface area contributed by atoms with E-state index in [-0.39, 0.29) is 0 Å². The van der Waals surface area contributed by atoms with E-state index in [4.69, 9.17) is 4.74 Å². The van der Waals surface area contributed by atoms with E-state index in [0.717, 1.165) is 22.8 Å². The van der Waals surface area contributed by atoms with E-state index >= 15 is 0 Å². The molecule has 0 atom stereocenters. The van der Waals surface area contributed by atoms with Crippen molar-refractivity contribution < 1.29 is 4.74 Å². The number of hydrogen-bond acceptors (Lipinski definition) is 5. The molecule has 3 aromatic rings. The minimum Gasteiger partial charge on any atom is -0.497 e. The van der Waals surface area contributed by atoms with Gasteiger partial charge in [-0.15, -0.1) is 0 Å². The van der Waals surface area contributed by atoms with Crippen molar-refractivity contribution >= 4 is 17.5 Å². The van der Waals surface area contributed by atoms with E-state index < -0.39 is 0 Å². The monoisotopic (exact) mass is 334 g/mol. The topological polar surface area (TPSA) is 59.1 Å². The second-order valence-electron chi connectivity index (χ2n) is 5.84. The lowest BCUT2D eigenvalue weighted by Gasteiger charge is -2.11. The van der Waals surface area contributed by atoms with Gasteiger partial charge in [0.05, 0.1) is 7.11 Å². The number of methoxy groups -OCH3 is 1. The van der Waals surface area contributed by atoms with Gasteiger partial charge in [0.25, 0.3) is 0 Å². The number of rotatable bonds is 6. The highest BCUT2D eigenvalue weighted by atomic mass is 16.5. The fourth-order valence-corrected chi connectivity index (χ4v) is 2.46. The lowest BCUT2D eigenvalue weighted by molar-refractivity contribution is 0.414. The largest absolute Gasteiger partial charge is 0.497 e. The predicted octanol–water partition coefficient (Wildman–Crippen LogP) is 4.46. The third kappa shape index (κ3) is 4.26. The van der Waals surface area contributed by atoms with E-state index in [1.54, 1.807) is 13.3 Å². The summed E-state index contributed by atoms with van der Waals surface area (Å²) in [4.78, 5) is 8.83. The molecule has 0 saturated heterocycles. The molecule has 0 spiro atoms. The van der Waals surface area contributed by atoms with Gasteiger partial charge in [-0.2, -0.15) is 4.98 Å². The molecule has 0 unspecified atom stereocenters. The van der Waals surface area contributed by atoms with E-state index in [0.29, 0.717) is 12.5 Å². The Morgan fingerprint density at radius 2 is 1.80 bits per heavy atom. The SMILES string of the molecule is COc1ccc(CNc2ccnc(Nc3cccc(C)c3C)n2)cc1. The van der Waals surface area contributed by atoms with Gasteiger partial charge in [-0.05, 0) is 54.8 Å². The second kappa shape index (κ2) is 7.66. The van der Waals surface area contributed by atoms with Crippen LogP contribution in [-0.2, 0) is 6.54 Å². The fourth-order valence-electron chi connectivity index (χ4n) is 2.46. The maximum absolute atomic E-state index is 5.17. The zero-order valence-corrected chi connectivity index (χ0v) is 14.7. The van der Waals surface area contributed by atoms with Crippen LogP contribution in [0.15, 0.2) is 54.7 Å². The van der Waals surface area contributed by atoms with Gasteiger partial charge in [-0.1, -0.05) is 24.3 Å². The third-order valence-corrected chi connectivity index (χ3v) is 4.14. The van der Waals surface area contributed by atoms with Crippen molar-refractivity contribution in [1.29, 1.82) is 0 Å². The van der Waals surface area contributed by atoms with E-state index in [9.17, 15) is 0 Å². The molecule has 2 aromatic carbocycles. The zero-order valence-electron chi connectivity index (χ0n) is 14.7. The van der Waals surface area contributed by atoms with Crippen molar-refractivity contribution in [3.05, 3.63) is 71.4 Å². The zero-order chi connectivity index (χ0) is 17.6. The Morgan fingerprint density at radius 3 is 2.56 bits per heavy atom. The van der Waals surface area contributed by atoms with Gasteiger partial charge in [0, 0.05) is 18.4 Å². The smallest absolute Gasteiger partial charge is 0.229 e. The number of benzene rings is 2. The Morgan fingerprint density at radius 1 is 1.00 bits per heavy atom. The molecule has 3 rings (SSSR count). The molecule has 0 aliphatic heterocycles. The van der Waals surface area contributed by atoms with Gasteiger partial charge < -0.3 is 15.4 Å². The van der Waals surface area contributed by atoms with Crippen molar-refractivity contribution in [2.75, 3.05) is 17.7 Å². The summed E-state index contributed by atoms with van der Waals surface area (Å²) in [5, 5.41) is 6.61. The molecule has 0 amide bonds. The molecule has 5 heteroatoms. The summed E-state index contributed by atoms with van der Waals surface area (Å²) < 4.78 is 5.17. The van der Waals surface area contributed by atoms with Crippen LogP contribution in [-0.4, -0.2) is 17.1 Å². The first-order valence-corrected chi connectivity index (χ1v) is 8.19. The number of aryl methyl sites for hydroxylation is 1. The summed E-state index contributed by atoms with van der Waals surface area (Å²) in [5.74, 6) is 2.21. The van der Waals surface area contributed by atoms with Crippen LogP contribution in [0.1, 0.15) is 16.7 Å². The predicted molar refractivity (Wildman–Crippen MR) is 102 cm³/mol. The van der Waals surface area contributed by atoms with Crippen LogP contribution in [0.5, 0.6) is 5.75 Å². The maximum atomic E-state index is 5.17. The van der Waals surface area contributed by atoms with Gasteiger partial charge in [0.1, 0.15) is 11.6 Å². The highest BCUT2D eigenvalue weighted by Gasteiger charge is 2.04. The van der Waals surface area contributed by atoms with Gasteiger partial charge in [-0.3, -0.25) is 0 Å². The molecule has 128 valence electrons. The molecule has 1 aromatic heterocycles. The number of nitrogens with one attached hydrogen (secondary N) is 2. The van der Waals surface area contributed by atoms with Gasteiger partial charge in [0.15, 0.2) is 0 Å². The molecular weight excluding hydrogens is 312 g/mol. The van der Waals surface area contributed by atoms with Crippen molar-refractivity contribution in [1.82, 2.24) is 9.97 Å². The minimum atomic E-state index is 0.577. The number of anilines is 3. The Labute approximate surface area is 148 Å². The Bertz CT molecular complexity index is 847. The van der Waals surface area contributed by atoms with Crippen molar-refractivity contribution in [2.45, 2.75) is 20.4 Å². The number of aromatic nitrogens is 2. The highest BCUT2D eigenvalue weighted by Crippen LogP contribution is 2.21. The molecular formula is C20H22N4O. The molecule has 0 aliphatic carbocycles.